The molecule has 0 atom stereocenters. The number of nitrogens with one attached hydrogen (secondary N) is 1. The number of amides is 2. The molecular weight excluding hydrogens is 492 g/mol. The molecule has 11 heteroatoms. The zero-order chi connectivity index (χ0) is 26.0. The first-order valence-corrected chi connectivity index (χ1v) is 15.3. The van der Waals surface area contributed by atoms with Crippen LogP contribution in [0.2, 0.25) is 25.7 Å². The molecule has 4 rings (SSSR count). The van der Waals surface area contributed by atoms with Gasteiger partial charge in [0.2, 0.25) is 5.95 Å². The molecule has 2 heterocycles. The molecule has 0 unspecified atom stereocenters. The minimum absolute atomic E-state index is 0.0140. The third-order valence-electron chi connectivity index (χ3n) is 5.95. The lowest BCUT2D eigenvalue weighted by atomic mass is 10.0. The van der Waals surface area contributed by atoms with E-state index in [0.29, 0.717) is 24.3 Å². The summed E-state index contributed by atoms with van der Waals surface area (Å²) in [7, 11) is -1.28. The first-order valence-electron chi connectivity index (χ1n) is 11.6. The van der Waals surface area contributed by atoms with Gasteiger partial charge < -0.3 is 10.1 Å². The Morgan fingerprint density at radius 1 is 1.06 bits per heavy atom. The molecule has 2 amide bonds. The highest BCUT2D eigenvalue weighted by Gasteiger charge is 2.28. The van der Waals surface area contributed by atoms with Crippen molar-refractivity contribution in [3.63, 3.8) is 0 Å². The van der Waals surface area contributed by atoms with E-state index in [4.69, 9.17) is 4.74 Å². The predicted molar refractivity (Wildman–Crippen MR) is 131 cm³/mol. The number of carbonyl (C=O) groups excluding carboxylic acids is 1. The number of benzene rings is 2. The van der Waals surface area contributed by atoms with Crippen molar-refractivity contribution in [3.8, 4) is 11.1 Å². The lowest BCUT2D eigenvalue weighted by Gasteiger charge is -2.19. The summed E-state index contributed by atoms with van der Waals surface area (Å²) in [5.74, 6) is -2.88. The maximum absolute atomic E-state index is 15.1. The minimum atomic E-state index is -1.28. The fourth-order valence-electron chi connectivity index (χ4n) is 3.99. The van der Waals surface area contributed by atoms with Gasteiger partial charge >= 0.3 is 6.03 Å². The molecule has 3 aromatic rings. The third kappa shape index (κ3) is 5.96. The largest absolute Gasteiger partial charge is 0.359 e. The van der Waals surface area contributed by atoms with E-state index in [9.17, 15) is 18.0 Å². The molecule has 192 valence electrons. The topological polar surface area (TPSA) is 59.4 Å². The normalized spacial score (nSPS) is 13.2. The number of aromatic nitrogens is 2. The van der Waals surface area contributed by atoms with Crippen LogP contribution in [-0.4, -0.2) is 37.0 Å². The van der Waals surface area contributed by atoms with Crippen molar-refractivity contribution in [1.82, 2.24) is 15.1 Å². The highest BCUT2D eigenvalue weighted by atomic mass is 28.3. The monoisotopic (exact) mass is 520 g/mol. The molecular formula is C25H28F4N4O2Si. The molecule has 0 fully saturated rings. The van der Waals surface area contributed by atoms with Crippen molar-refractivity contribution >= 4 is 19.8 Å². The lowest BCUT2D eigenvalue weighted by molar-refractivity contribution is 0.0700. The van der Waals surface area contributed by atoms with Gasteiger partial charge in [-0.25, -0.2) is 22.6 Å². The summed E-state index contributed by atoms with van der Waals surface area (Å²) in [6.07, 6.45) is 1.71. The van der Waals surface area contributed by atoms with Gasteiger partial charge in [0, 0.05) is 39.4 Å². The van der Waals surface area contributed by atoms with Crippen LogP contribution in [0.5, 0.6) is 0 Å². The van der Waals surface area contributed by atoms with Crippen LogP contribution < -0.4 is 10.2 Å². The summed E-state index contributed by atoms with van der Waals surface area (Å²) in [5.41, 5.74) is 1.37. The van der Waals surface area contributed by atoms with Gasteiger partial charge in [-0.1, -0.05) is 19.6 Å². The Balaban J connectivity index is 1.45. The third-order valence-corrected chi connectivity index (χ3v) is 7.65. The summed E-state index contributed by atoms with van der Waals surface area (Å²) in [6.45, 7) is 7.29. The quantitative estimate of drug-likeness (QED) is 0.236. The molecule has 1 aliphatic heterocycles. The first-order chi connectivity index (χ1) is 17.0. The van der Waals surface area contributed by atoms with Crippen molar-refractivity contribution in [1.29, 1.82) is 0 Å². The average Bonchev–Trinajstić information content (AvgIpc) is 3.36. The molecule has 0 saturated heterocycles. The van der Waals surface area contributed by atoms with Gasteiger partial charge in [-0.2, -0.15) is 9.49 Å². The second-order valence-corrected chi connectivity index (χ2v) is 15.6. The molecule has 0 saturated carbocycles. The van der Waals surface area contributed by atoms with Crippen LogP contribution in [0.1, 0.15) is 11.1 Å². The van der Waals surface area contributed by atoms with Crippen molar-refractivity contribution in [2.75, 3.05) is 18.1 Å². The Labute approximate surface area is 207 Å². The van der Waals surface area contributed by atoms with Gasteiger partial charge in [0.05, 0.1) is 17.4 Å². The van der Waals surface area contributed by atoms with Crippen molar-refractivity contribution < 1.29 is 27.1 Å². The van der Waals surface area contributed by atoms with E-state index in [-0.39, 0.29) is 36.5 Å². The van der Waals surface area contributed by atoms with E-state index in [0.717, 1.165) is 28.9 Å². The van der Waals surface area contributed by atoms with E-state index in [1.54, 1.807) is 0 Å². The van der Waals surface area contributed by atoms with Crippen molar-refractivity contribution in [2.45, 2.75) is 45.4 Å². The number of hydrogen-bond donors (Lipinski definition) is 1. The molecule has 1 N–H and O–H groups in total. The number of halogens is 4. The van der Waals surface area contributed by atoms with Gasteiger partial charge in [-0.3, -0.25) is 4.90 Å². The Kier molecular flexibility index (Phi) is 7.50. The van der Waals surface area contributed by atoms with E-state index >= 15 is 4.39 Å². The number of rotatable bonds is 8. The number of fused-ring (bicyclic) bond motifs is 1. The Morgan fingerprint density at radius 2 is 1.78 bits per heavy atom. The summed E-state index contributed by atoms with van der Waals surface area (Å²) < 4.78 is 63.4. The van der Waals surface area contributed by atoms with Crippen LogP contribution in [0.4, 0.5) is 28.0 Å². The van der Waals surface area contributed by atoms with Crippen LogP contribution in [0, 0.1) is 23.4 Å². The predicted octanol–water partition coefficient (Wildman–Crippen LogP) is 5.69. The highest BCUT2D eigenvalue weighted by molar-refractivity contribution is 6.76. The van der Waals surface area contributed by atoms with Crippen LogP contribution in [0.25, 0.3) is 11.1 Å². The molecule has 0 aliphatic carbocycles. The first kappa shape index (κ1) is 25.9. The van der Waals surface area contributed by atoms with Crippen LogP contribution in [0.3, 0.4) is 0 Å². The number of anilines is 1. The van der Waals surface area contributed by atoms with Crippen LogP contribution in [-0.2, 0) is 24.4 Å². The fourth-order valence-corrected chi connectivity index (χ4v) is 4.74. The number of urea groups is 1. The van der Waals surface area contributed by atoms with Crippen molar-refractivity contribution in [3.05, 3.63) is 71.1 Å². The molecule has 1 aromatic heterocycles. The average molecular weight is 521 g/mol. The smallest absolute Gasteiger partial charge is 0.322 e. The van der Waals surface area contributed by atoms with E-state index in [1.165, 1.54) is 23.2 Å². The summed E-state index contributed by atoms with van der Waals surface area (Å²) in [6, 6.07) is 6.12. The standard InChI is InChI=1S/C25H28F4N4O2Si/c1-36(2,3)7-6-35-15-33-24(29)21(14-31-33)20-10-17-4-5-32(23(17)12-22(20)28)25(34)30-13-16-8-18(26)11-19(27)9-16/h8-12,14H,4-7,13,15H2,1-3H3,(H,30,34). The van der Waals surface area contributed by atoms with E-state index < -0.39 is 37.5 Å². The lowest BCUT2D eigenvalue weighted by Crippen LogP contribution is -2.38. The van der Waals surface area contributed by atoms with Gasteiger partial charge in [-0.15, -0.1) is 0 Å². The van der Waals surface area contributed by atoms with E-state index in [1.807, 2.05) is 0 Å². The number of ether oxygens (including phenoxy) is 1. The number of nitrogens with zero attached hydrogens (tertiary/aromatic N) is 3. The van der Waals surface area contributed by atoms with Gasteiger partial charge in [0.25, 0.3) is 0 Å². The molecule has 1 aliphatic rings. The van der Waals surface area contributed by atoms with Gasteiger partial charge in [0.1, 0.15) is 24.2 Å². The maximum atomic E-state index is 15.1. The Morgan fingerprint density at radius 3 is 2.47 bits per heavy atom. The molecule has 0 spiro atoms. The maximum Gasteiger partial charge on any atom is 0.322 e. The van der Waals surface area contributed by atoms with Crippen LogP contribution >= 0.6 is 0 Å². The van der Waals surface area contributed by atoms with Crippen LogP contribution in [0.15, 0.2) is 36.5 Å². The van der Waals surface area contributed by atoms with Crippen molar-refractivity contribution in [2.24, 2.45) is 0 Å². The minimum Gasteiger partial charge on any atom is -0.359 e. The second-order valence-electron chi connectivity index (χ2n) is 10.00. The molecule has 36 heavy (non-hydrogen) atoms. The molecule has 6 nitrogen and oxygen atoms in total. The number of hydrogen-bond acceptors (Lipinski definition) is 3. The Bertz CT molecular complexity index is 1260. The highest BCUT2D eigenvalue weighted by Crippen LogP contribution is 2.35. The fraction of sp³-hybridized carbons (Fsp3) is 0.360. The molecule has 0 bridgehead atoms. The number of carbonyl (C=O) groups is 1. The second kappa shape index (κ2) is 10.4. The molecule has 0 radical (unpaired) electrons. The summed E-state index contributed by atoms with van der Waals surface area (Å²) in [5, 5.41) is 6.60. The molecule has 2 aromatic carbocycles. The zero-order valence-corrected chi connectivity index (χ0v) is 21.4. The SMILES string of the molecule is C[Si](C)(C)CCOCn1ncc(-c2cc3c(cc2F)N(C(=O)NCc2cc(F)cc(F)c2)CC3)c1F. The zero-order valence-electron chi connectivity index (χ0n) is 20.4. The van der Waals surface area contributed by atoms with Gasteiger partial charge in [0.15, 0.2) is 0 Å². The summed E-state index contributed by atoms with van der Waals surface area (Å²) >= 11 is 0. The van der Waals surface area contributed by atoms with E-state index in [2.05, 4.69) is 30.1 Å². The summed E-state index contributed by atoms with van der Waals surface area (Å²) in [4.78, 5) is 14.0. The van der Waals surface area contributed by atoms with Gasteiger partial charge in [-0.05, 0) is 47.9 Å². The Hall–Kier alpha value is -3.18.